The summed E-state index contributed by atoms with van der Waals surface area (Å²) in [5.41, 5.74) is 3.33. The molecule has 0 unspecified atom stereocenters. The Balaban J connectivity index is 1.75. The number of sulfonamides is 1. The highest BCUT2D eigenvalue weighted by Crippen LogP contribution is 2.36. The molecule has 0 aromatic heterocycles. The molecule has 5 nitrogen and oxygen atoms in total. The largest absolute Gasteiger partial charge is 0.312 e. The van der Waals surface area contributed by atoms with E-state index < -0.39 is 16.1 Å². The number of fused-ring (bicyclic) bond motifs is 1. The summed E-state index contributed by atoms with van der Waals surface area (Å²) in [4.78, 5) is 14.1. The maximum Gasteiger partial charge on any atom is 0.242 e. The number of carbonyl (C=O) groups is 1. The Hall–Kier alpha value is -2.48. The molecule has 0 atom stereocenters. The molecule has 1 amide bonds. The van der Waals surface area contributed by atoms with Gasteiger partial charge in [0.1, 0.15) is 0 Å². The molecule has 7 heteroatoms. The third-order valence-electron chi connectivity index (χ3n) is 5.46. The molecule has 0 spiro atoms. The van der Waals surface area contributed by atoms with Gasteiger partial charge in [-0.2, -0.15) is 4.72 Å². The Bertz CT molecular complexity index is 1160. The summed E-state index contributed by atoms with van der Waals surface area (Å²) in [6, 6.07) is 21.8. The molecule has 0 saturated heterocycles. The number of carbonyl (C=O) groups excluding carboxylic acids is 1. The third-order valence-corrected chi connectivity index (χ3v) is 7.84. The lowest BCUT2D eigenvalue weighted by molar-refractivity contribution is -0.118. The van der Waals surface area contributed by atoms with Crippen LogP contribution in [0.25, 0.3) is 0 Å². The minimum Gasteiger partial charge on any atom is -0.312 e. The molecule has 0 aliphatic carbocycles. The molecule has 1 N–H and O–H groups in total. The van der Waals surface area contributed by atoms with E-state index in [-0.39, 0.29) is 10.8 Å². The van der Waals surface area contributed by atoms with Gasteiger partial charge in [-0.15, -0.1) is 0 Å². The lowest BCUT2D eigenvalue weighted by Crippen LogP contribution is -2.30. The van der Waals surface area contributed by atoms with Crippen LogP contribution in [0.1, 0.15) is 36.1 Å². The topological polar surface area (TPSA) is 66.5 Å². The number of nitrogens with one attached hydrogen (secondary N) is 1. The van der Waals surface area contributed by atoms with Crippen molar-refractivity contribution in [1.82, 2.24) is 4.72 Å². The van der Waals surface area contributed by atoms with Gasteiger partial charge in [-0.1, -0.05) is 67.6 Å². The fourth-order valence-electron chi connectivity index (χ4n) is 3.88. The van der Waals surface area contributed by atoms with Gasteiger partial charge in [0.25, 0.3) is 0 Å². The van der Waals surface area contributed by atoms with Crippen LogP contribution in [0.2, 0.25) is 0 Å². The minimum absolute atomic E-state index is 0.0103. The smallest absolute Gasteiger partial charge is 0.242 e. The SMILES string of the molecule is CCC(=O)N1CCc2cc(Br)c(S(=O)(=O)NC(c3ccccc3)c3ccccc3)cc21. The number of amides is 1. The number of hydrogen-bond donors (Lipinski definition) is 1. The first-order chi connectivity index (χ1) is 14.9. The van der Waals surface area contributed by atoms with E-state index >= 15 is 0 Å². The summed E-state index contributed by atoms with van der Waals surface area (Å²) >= 11 is 3.44. The molecule has 0 bridgehead atoms. The highest BCUT2D eigenvalue weighted by Gasteiger charge is 2.30. The van der Waals surface area contributed by atoms with E-state index in [0.29, 0.717) is 29.5 Å². The molecule has 1 aliphatic heterocycles. The monoisotopic (exact) mass is 498 g/mol. The van der Waals surface area contributed by atoms with E-state index in [1.807, 2.05) is 73.7 Å². The van der Waals surface area contributed by atoms with Gasteiger partial charge in [0.2, 0.25) is 15.9 Å². The number of anilines is 1. The Morgan fingerprint density at radius 3 is 2.16 bits per heavy atom. The van der Waals surface area contributed by atoms with Gasteiger partial charge in [0.15, 0.2) is 0 Å². The lowest BCUT2D eigenvalue weighted by atomic mass is 10.00. The Kier molecular flexibility index (Phi) is 6.27. The van der Waals surface area contributed by atoms with Crippen LogP contribution < -0.4 is 9.62 Å². The van der Waals surface area contributed by atoms with Crippen molar-refractivity contribution in [2.24, 2.45) is 0 Å². The van der Waals surface area contributed by atoms with Gasteiger partial charge >= 0.3 is 0 Å². The lowest BCUT2D eigenvalue weighted by Gasteiger charge is -2.22. The zero-order valence-electron chi connectivity index (χ0n) is 17.1. The molecule has 1 heterocycles. The van der Waals surface area contributed by atoms with Crippen LogP contribution in [0.5, 0.6) is 0 Å². The van der Waals surface area contributed by atoms with Crippen LogP contribution in [-0.4, -0.2) is 20.9 Å². The molecule has 3 aromatic carbocycles. The number of halogens is 1. The average molecular weight is 499 g/mol. The summed E-state index contributed by atoms with van der Waals surface area (Å²) < 4.78 is 30.4. The van der Waals surface area contributed by atoms with Crippen LogP contribution in [0, 0.1) is 0 Å². The van der Waals surface area contributed by atoms with E-state index in [0.717, 1.165) is 16.7 Å². The van der Waals surface area contributed by atoms with Crippen LogP contribution in [0.3, 0.4) is 0 Å². The minimum atomic E-state index is -3.90. The van der Waals surface area contributed by atoms with Gasteiger partial charge in [-0.05, 0) is 51.2 Å². The van der Waals surface area contributed by atoms with E-state index in [2.05, 4.69) is 20.7 Å². The molecule has 0 saturated carbocycles. The van der Waals surface area contributed by atoms with Crippen LogP contribution in [0.4, 0.5) is 5.69 Å². The molecule has 31 heavy (non-hydrogen) atoms. The molecule has 4 rings (SSSR count). The zero-order chi connectivity index (χ0) is 22.0. The van der Waals surface area contributed by atoms with Gasteiger partial charge in [0.05, 0.1) is 10.9 Å². The van der Waals surface area contributed by atoms with Gasteiger partial charge < -0.3 is 4.90 Å². The van der Waals surface area contributed by atoms with Crippen molar-refractivity contribution in [2.45, 2.75) is 30.7 Å². The van der Waals surface area contributed by atoms with Gasteiger partial charge in [-0.3, -0.25) is 4.79 Å². The maximum absolute atomic E-state index is 13.5. The van der Waals surface area contributed by atoms with Crippen LogP contribution in [0.15, 0.2) is 82.2 Å². The first kappa shape index (κ1) is 21.7. The molecule has 160 valence electrons. The Labute approximate surface area is 191 Å². The van der Waals surface area contributed by atoms with E-state index in [4.69, 9.17) is 0 Å². The number of hydrogen-bond acceptors (Lipinski definition) is 3. The molecular weight excluding hydrogens is 476 g/mol. The second-order valence-electron chi connectivity index (χ2n) is 7.44. The Morgan fingerprint density at radius 2 is 1.61 bits per heavy atom. The number of nitrogens with zero attached hydrogens (tertiary/aromatic N) is 1. The average Bonchev–Trinajstić information content (AvgIpc) is 3.20. The fourth-order valence-corrected chi connectivity index (χ4v) is 6.20. The van der Waals surface area contributed by atoms with Gasteiger partial charge in [-0.25, -0.2) is 8.42 Å². The van der Waals surface area contributed by atoms with E-state index in [1.165, 1.54) is 0 Å². The standard InChI is InChI=1S/C24H23BrN2O3S/c1-2-23(28)27-14-13-19-15-20(25)22(16-21(19)27)31(29,30)26-24(17-9-5-3-6-10-17)18-11-7-4-8-12-18/h3-12,15-16,24,26H,2,13-14H2,1H3. The molecule has 0 radical (unpaired) electrons. The van der Waals surface area contributed by atoms with Crippen molar-refractivity contribution in [1.29, 1.82) is 0 Å². The summed E-state index contributed by atoms with van der Waals surface area (Å²) in [6.45, 7) is 2.38. The second-order valence-corrected chi connectivity index (χ2v) is 9.97. The fraction of sp³-hybridized carbons (Fsp3) is 0.208. The van der Waals surface area contributed by atoms with E-state index in [9.17, 15) is 13.2 Å². The highest BCUT2D eigenvalue weighted by atomic mass is 79.9. The van der Waals surface area contributed by atoms with E-state index in [1.54, 1.807) is 11.0 Å². The summed E-state index contributed by atoms with van der Waals surface area (Å²) in [7, 11) is -3.90. The van der Waals surface area contributed by atoms with Crippen LogP contribution in [-0.2, 0) is 21.2 Å². The van der Waals surface area contributed by atoms with Crippen molar-refractivity contribution in [3.63, 3.8) is 0 Å². The molecule has 3 aromatic rings. The van der Waals surface area contributed by atoms with Gasteiger partial charge in [0, 0.05) is 23.1 Å². The van der Waals surface area contributed by atoms with Crippen LogP contribution >= 0.6 is 15.9 Å². The maximum atomic E-state index is 13.5. The first-order valence-electron chi connectivity index (χ1n) is 10.2. The second kappa shape index (κ2) is 8.94. The van der Waals surface area contributed by atoms with Crippen molar-refractivity contribution in [2.75, 3.05) is 11.4 Å². The predicted octanol–water partition coefficient (Wildman–Crippen LogP) is 4.82. The van der Waals surface area contributed by atoms with Crippen molar-refractivity contribution >= 4 is 37.5 Å². The molecular formula is C24H23BrN2O3S. The predicted molar refractivity (Wildman–Crippen MR) is 126 cm³/mol. The number of rotatable bonds is 6. The molecule has 0 fully saturated rings. The summed E-state index contributed by atoms with van der Waals surface area (Å²) in [5.74, 6) is -0.0103. The normalized spacial score (nSPS) is 13.5. The van der Waals surface area contributed by atoms with Crippen molar-refractivity contribution in [3.05, 3.63) is 94.0 Å². The summed E-state index contributed by atoms with van der Waals surface area (Å²) in [5, 5.41) is 0. The van der Waals surface area contributed by atoms with Crippen molar-refractivity contribution < 1.29 is 13.2 Å². The molecule has 1 aliphatic rings. The summed E-state index contributed by atoms with van der Waals surface area (Å²) in [6.07, 6.45) is 1.09. The Morgan fingerprint density at radius 1 is 1.03 bits per heavy atom. The first-order valence-corrected chi connectivity index (χ1v) is 12.4. The zero-order valence-corrected chi connectivity index (χ0v) is 19.5. The quantitative estimate of drug-likeness (QED) is 0.529. The number of benzene rings is 3. The van der Waals surface area contributed by atoms with Crippen molar-refractivity contribution in [3.8, 4) is 0 Å². The third kappa shape index (κ3) is 4.44. The highest BCUT2D eigenvalue weighted by molar-refractivity contribution is 9.10.